The van der Waals surface area contributed by atoms with Gasteiger partial charge < -0.3 is 15.0 Å². The summed E-state index contributed by atoms with van der Waals surface area (Å²) in [7, 11) is 1.64. The van der Waals surface area contributed by atoms with Crippen molar-refractivity contribution in [3.05, 3.63) is 29.7 Å². The summed E-state index contributed by atoms with van der Waals surface area (Å²) in [4.78, 5) is 4.23. The standard InChI is InChI=1S/C12H15N3O2/c1-7-6-9(4-5-10(7)16-3)11-14-12(8(2)13)17-15-11/h4-6,8H,13H2,1-3H3. The molecule has 17 heavy (non-hydrogen) atoms. The zero-order chi connectivity index (χ0) is 12.4. The summed E-state index contributed by atoms with van der Waals surface area (Å²) in [5.41, 5.74) is 7.58. The first kappa shape index (κ1) is 11.6. The van der Waals surface area contributed by atoms with Crippen molar-refractivity contribution in [1.82, 2.24) is 10.1 Å². The van der Waals surface area contributed by atoms with Gasteiger partial charge in [-0.3, -0.25) is 0 Å². The molecule has 0 saturated heterocycles. The predicted octanol–water partition coefficient (Wildman–Crippen LogP) is 2.07. The Morgan fingerprint density at radius 3 is 2.71 bits per heavy atom. The lowest BCUT2D eigenvalue weighted by molar-refractivity contribution is 0.362. The fourth-order valence-corrected chi connectivity index (χ4v) is 1.55. The van der Waals surface area contributed by atoms with Crippen molar-refractivity contribution < 1.29 is 9.26 Å². The van der Waals surface area contributed by atoms with Crippen LogP contribution >= 0.6 is 0 Å². The van der Waals surface area contributed by atoms with E-state index >= 15 is 0 Å². The van der Waals surface area contributed by atoms with Gasteiger partial charge in [0.15, 0.2) is 0 Å². The van der Waals surface area contributed by atoms with E-state index in [2.05, 4.69) is 10.1 Å². The Bertz CT molecular complexity index is 520. The van der Waals surface area contributed by atoms with E-state index in [9.17, 15) is 0 Å². The van der Waals surface area contributed by atoms with Gasteiger partial charge in [0, 0.05) is 5.56 Å². The molecule has 0 aliphatic carbocycles. The molecule has 90 valence electrons. The molecule has 1 atom stereocenters. The van der Waals surface area contributed by atoms with E-state index in [1.807, 2.05) is 25.1 Å². The van der Waals surface area contributed by atoms with Crippen molar-refractivity contribution in [2.24, 2.45) is 5.73 Å². The van der Waals surface area contributed by atoms with E-state index in [-0.39, 0.29) is 6.04 Å². The Morgan fingerprint density at radius 1 is 1.41 bits per heavy atom. The number of benzene rings is 1. The highest BCUT2D eigenvalue weighted by atomic mass is 16.5. The lowest BCUT2D eigenvalue weighted by atomic mass is 10.1. The van der Waals surface area contributed by atoms with Crippen molar-refractivity contribution in [2.75, 3.05) is 7.11 Å². The number of ether oxygens (including phenoxy) is 1. The van der Waals surface area contributed by atoms with Gasteiger partial charge in [0.05, 0.1) is 13.2 Å². The van der Waals surface area contributed by atoms with Crippen LogP contribution in [-0.4, -0.2) is 17.3 Å². The molecular formula is C12H15N3O2. The molecule has 0 spiro atoms. The lowest BCUT2D eigenvalue weighted by Crippen LogP contribution is -2.04. The maximum atomic E-state index is 5.66. The van der Waals surface area contributed by atoms with Gasteiger partial charge in [0.25, 0.3) is 0 Å². The molecule has 0 amide bonds. The fraction of sp³-hybridized carbons (Fsp3) is 0.333. The molecule has 5 nitrogen and oxygen atoms in total. The Kier molecular flexibility index (Phi) is 3.10. The van der Waals surface area contributed by atoms with E-state index < -0.39 is 0 Å². The molecule has 1 unspecified atom stereocenters. The second-order valence-electron chi connectivity index (χ2n) is 3.93. The quantitative estimate of drug-likeness (QED) is 0.878. The average molecular weight is 233 g/mol. The Balaban J connectivity index is 2.36. The Hall–Kier alpha value is -1.88. The number of aromatic nitrogens is 2. The number of aryl methyl sites for hydroxylation is 1. The van der Waals surface area contributed by atoms with Gasteiger partial charge in [-0.1, -0.05) is 5.16 Å². The van der Waals surface area contributed by atoms with Gasteiger partial charge in [0.1, 0.15) is 5.75 Å². The lowest BCUT2D eigenvalue weighted by Gasteiger charge is -2.04. The minimum Gasteiger partial charge on any atom is -0.496 e. The SMILES string of the molecule is COc1ccc(-c2noc(C(C)N)n2)cc1C. The molecule has 0 aliphatic heterocycles. The second kappa shape index (κ2) is 4.55. The van der Waals surface area contributed by atoms with Crippen LogP contribution in [-0.2, 0) is 0 Å². The monoisotopic (exact) mass is 233 g/mol. The van der Waals surface area contributed by atoms with E-state index in [1.165, 1.54) is 0 Å². The molecule has 5 heteroatoms. The summed E-state index contributed by atoms with van der Waals surface area (Å²) < 4.78 is 10.3. The summed E-state index contributed by atoms with van der Waals surface area (Å²) in [5.74, 6) is 1.82. The van der Waals surface area contributed by atoms with E-state index in [1.54, 1.807) is 14.0 Å². The first-order valence-electron chi connectivity index (χ1n) is 5.36. The van der Waals surface area contributed by atoms with Crippen LogP contribution in [0.15, 0.2) is 22.7 Å². The van der Waals surface area contributed by atoms with Crippen molar-refractivity contribution >= 4 is 0 Å². The topological polar surface area (TPSA) is 74.2 Å². The zero-order valence-electron chi connectivity index (χ0n) is 10.1. The van der Waals surface area contributed by atoms with Crippen LogP contribution in [0, 0.1) is 6.92 Å². The van der Waals surface area contributed by atoms with E-state index in [4.69, 9.17) is 15.0 Å². The molecule has 2 rings (SSSR count). The molecule has 2 aromatic rings. The van der Waals surface area contributed by atoms with E-state index in [0.717, 1.165) is 16.9 Å². The van der Waals surface area contributed by atoms with Crippen molar-refractivity contribution in [3.63, 3.8) is 0 Å². The van der Waals surface area contributed by atoms with Gasteiger partial charge >= 0.3 is 0 Å². The number of nitrogens with zero attached hydrogens (tertiary/aromatic N) is 2. The third-order valence-electron chi connectivity index (χ3n) is 2.48. The first-order valence-corrected chi connectivity index (χ1v) is 5.36. The van der Waals surface area contributed by atoms with Crippen LogP contribution in [0.2, 0.25) is 0 Å². The first-order chi connectivity index (χ1) is 8.11. The molecule has 0 aliphatic rings. The van der Waals surface area contributed by atoms with Crippen LogP contribution in [0.4, 0.5) is 0 Å². The molecule has 0 fully saturated rings. The van der Waals surface area contributed by atoms with Gasteiger partial charge in [-0.05, 0) is 37.6 Å². The number of nitrogens with two attached hydrogens (primary N) is 1. The molecule has 1 heterocycles. The largest absolute Gasteiger partial charge is 0.496 e. The highest BCUT2D eigenvalue weighted by molar-refractivity contribution is 5.58. The van der Waals surface area contributed by atoms with Crippen LogP contribution in [0.5, 0.6) is 5.75 Å². The average Bonchev–Trinajstić information content (AvgIpc) is 2.78. The van der Waals surface area contributed by atoms with Crippen molar-refractivity contribution in [3.8, 4) is 17.1 Å². The van der Waals surface area contributed by atoms with Crippen molar-refractivity contribution in [2.45, 2.75) is 19.9 Å². The molecule has 0 saturated carbocycles. The molecule has 0 radical (unpaired) electrons. The van der Waals surface area contributed by atoms with Gasteiger partial charge in [-0.2, -0.15) is 4.98 Å². The summed E-state index contributed by atoms with van der Waals surface area (Å²) in [6.07, 6.45) is 0. The molecule has 2 N–H and O–H groups in total. The third kappa shape index (κ3) is 2.29. The van der Waals surface area contributed by atoms with Gasteiger partial charge in [0.2, 0.25) is 11.7 Å². The zero-order valence-corrected chi connectivity index (χ0v) is 10.1. The highest BCUT2D eigenvalue weighted by Crippen LogP contribution is 2.24. The maximum absolute atomic E-state index is 5.66. The Labute approximate surface area is 99.6 Å². The number of hydrogen-bond acceptors (Lipinski definition) is 5. The highest BCUT2D eigenvalue weighted by Gasteiger charge is 2.12. The van der Waals surface area contributed by atoms with Crippen LogP contribution in [0.25, 0.3) is 11.4 Å². The normalized spacial score (nSPS) is 12.5. The molecule has 1 aromatic carbocycles. The number of methoxy groups -OCH3 is 1. The smallest absolute Gasteiger partial charge is 0.243 e. The number of hydrogen-bond donors (Lipinski definition) is 1. The summed E-state index contributed by atoms with van der Waals surface area (Å²) in [6.45, 7) is 3.77. The predicted molar refractivity (Wildman–Crippen MR) is 63.6 cm³/mol. The van der Waals surface area contributed by atoms with Gasteiger partial charge in [-0.15, -0.1) is 0 Å². The van der Waals surface area contributed by atoms with Crippen molar-refractivity contribution in [1.29, 1.82) is 0 Å². The minimum absolute atomic E-state index is 0.254. The summed E-state index contributed by atoms with van der Waals surface area (Å²) in [5, 5.41) is 3.90. The fourth-order valence-electron chi connectivity index (χ4n) is 1.55. The Morgan fingerprint density at radius 2 is 2.18 bits per heavy atom. The second-order valence-corrected chi connectivity index (χ2v) is 3.93. The maximum Gasteiger partial charge on any atom is 0.243 e. The van der Waals surface area contributed by atoms with Crippen LogP contribution in [0.3, 0.4) is 0 Å². The summed E-state index contributed by atoms with van der Waals surface area (Å²) in [6, 6.07) is 5.47. The molecular weight excluding hydrogens is 218 g/mol. The summed E-state index contributed by atoms with van der Waals surface area (Å²) >= 11 is 0. The van der Waals surface area contributed by atoms with Gasteiger partial charge in [-0.25, -0.2) is 0 Å². The van der Waals surface area contributed by atoms with Crippen LogP contribution < -0.4 is 10.5 Å². The minimum atomic E-state index is -0.254. The number of rotatable bonds is 3. The van der Waals surface area contributed by atoms with Crippen LogP contribution in [0.1, 0.15) is 24.4 Å². The van der Waals surface area contributed by atoms with E-state index in [0.29, 0.717) is 11.7 Å². The molecule has 0 bridgehead atoms. The molecule has 1 aromatic heterocycles. The third-order valence-corrected chi connectivity index (χ3v) is 2.48.